The fourth-order valence-electron chi connectivity index (χ4n) is 2.94. The molecule has 1 aliphatic heterocycles. The van der Waals surface area contributed by atoms with E-state index in [4.69, 9.17) is 4.74 Å². The molecule has 0 bridgehead atoms. The Bertz CT molecular complexity index is 1100. The number of carbonyl (C=O) groups excluding carboxylic acids is 2. The number of sulfonamides is 1. The van der Waals surface area contributed by atoms with Crippen LogP contribution < -0.4 is 10.0 Å². The van der Waals surface area contributed by atoms with Gasteiger partial charge in [-0.2, -0.15) is 0 Å². The summed E-state index contributed by atoms with van der Waals surface area (Å²) in [4.78, 5) is 28.6. The van der Waals surface area contributed by atoms with Gasteiger partial charge in [-0.3, -0.25) is 19.3 Å². The molecule has 0 saturated heterocycles. The number of nitrogens with zero attached hydrogens (tertiary/aromatic N) is 1. The van der Waals surface area contributed by atoms with Crippen molar-refractivity contribution >= 4 is 33.4 Å². The molecule has 9 heteroatoms. The van der Waals surface area contributed by atoms with E-state index >= 15 is 0 Å². The van der Waals surface area contributed by atoms with E-state index < -0.39 is 28.0 Å². The maximum absolute atomic E-state index is 12.2. The first-order valence-corrected chi connectivity index (χ1v) is 11.0. The first kappa shape index (κ1) is 21.5. The van der Waals surface area contributed by atoms with Gasteiger partial charge in [-0.1, -0.05) is 24.3 Å². The van der Waals surface area contributed by atoms with Crippen LogP contribution >= 0.6 is 0 Å². The number of anilines is 1. The Kier molecular flexibility index (Phi) is 6.51. The zero-order valence-corrected chi connectivity index (χ0v) is 17.5. The third kappa shape index (κ3) is 5.24. The third-order valence-electron chi connectivity index (χ3n) is 4.43. The minimum absolute atomic E-state index is 0.0627. The van der Waals surface area contributed by atoms with Gasteiger partial charge in [-0.15, -0.1) is 0 Å². The highest BCUT2D eigenvalue weighted by Gasteiger charge is 2.29. The molecule has 1 heterocycles. The van der Waals surface area contributed by atoms with Crippen LogP contribution in [0.15, 0.2) is 58.4 Å². The standard InChI is InChI=1S/C21H23N3O5S/c1-14-7-5-8-16(13-14)23-21(26)15(2)29-19(25)11-6-12-22-20-17-9-3-4-10-18(17)30(27,28)24-20/h3-5,7-10,13,15H,6,11-12H2,1-2H3,(H,22,24)(H,23,26). The Morgan fingerprint density at radius 2 is 1.93 bits per heavy atom. The van der Waals surface area contributed by atoms with Crippen LogP contribution in [0.4, 0.5) is 5.69 Å². The molecule has 0 fully saturated rings. The van der Waals surface area contributed by atoms with Crippen LogP contribution in [-0.4, -0.2) is 38.8 Å². The maximum atomic E-state index is 12.2. The minimum atomic E-state index is -3.58. The minimum Gasteiger partial charge on any atom is -0.453 e. The first-order chi connectivity index (χ1) is 14.3. The van der Waals surface area contributed by atoms with Crippen molar-refractivity contribution in [2.24, 2.45) is 4.99 Å². The molecule has 3 rings (SSSR count). The van der Waals surface area contributed by atoms with E-state index in [1.54, 1.807) is 24.3 Å². The first-order valence-electron chi connectivity index (χ1n) is 9.50. The van der Waals surface area contributed by atoms with Crippen molar-refractivity contribution in [3.63, 3.8) is 0 Å². The van der Waals surface area contributed by atoms with Gasteiger partial charge in [0.1, 0.15) is 5.84 Å². The van der Waals surface area contributed by atoms with Crippen LogP contribution in [0, 0.1) is 6.92 Å². The highest BCUT2D eigenvalue weighted by molar-refractivity contribution is 7.90. The summed E-state index contributed by atoms with van der Waals surface area (Å²) in [6.07, 6.45) is -0.510. The molecule has 1 unspecified atom stereocenters. The van der Waals surface area contributed by atoms with Gasteiger partial charge in [0.05, 0.1) is 4.90 Å². The summed E-state index contributed by atoms with van der Waals surface area (Å²) in [5, 5.41) is 2.71. The Labute approximate surface area is 175 Å². The fourth-order valence-corrected chi connectivity index (χ4v) is 4.19. The molecule has 2 aromatic rings. The number of rotatable bonds is 7. The van der Waals surface area contributed by atoms with E-state index in [9.17, 15) is 18.0 Å². The van der Waals surface area contributed by atoms with Gasteiger partial charge in [0.25, 0.3) is 15.9 Å². The van der Waals surface area contributed by atoms with Crippen molar-refractivity contribution in [1.82, 2.24) is 4.72 Å². The van der Waals surface area contributed by atoms with Crippen LogP contribution in [0.5, 0.6) is 0 Å². The van der Waals surface area contributed by atoms with Gasteiger partial charge >= 0.3 is 5.97 Å². The van der Waals surface area contributed by atoms with E-state index in [0.717, 1.165) is 5.56 Å². The van der Waals surface area contributed by atoms with E-state index in [1.165, 1.54) is 13.0 Å². The lowest BCUT2D eigenvalue weighted by Crippen LogP contribution is -2.30. The Morgan fingerprint density at radius 1 is 1.17 bits per heavy atom. The molecule has 2 N–H and O–H groups in total. The summed E-state index contributed by atoms with van der Waals surface area (Å²) < 4.78 is 31.6. The molecule has 1 atom stereocenters. The summed E-state index contributed by atoms with van der Waals surface area (Å²) in [5.41, 5.74) is 2.16. The Morgan fingerprint density at radius 3 is 2.70 bits per heavy atom. The van der Waals surface area contributed by atoms with Crippen molar-refractivity contribution < 1.29 is 22.7 Å². The van der Waals surface area contributed by atoms with Crippen molar-refractivity contribution in [2.45, 2.75) is 37.7 Å². The highest BCUT2D eigenvalue weighted by Crippen LogP contribution is 2.22. The van der Waals surface area contributed by atoms with Crippen LogP contribution in [0.3, 0.4) is 0 Å². The topological polar surface area (TPSA) is 114 Å². The molecule has 0 spiro atoms. The quantitative estimate of drug-likeness (QED) is 0.518. The lowest BCUT2D eigenvalue weighted by Gasteiger charge is -2.13. The number of nitrogens with one attached hydrogen (secondary N) is 2. The average molecular weight is 429 g/mol. The molecule has 0 aromatic heterocycles. The summed E-state index contributed by atoms with van der Waals surface area (Å²) in [6.45, 7) is 3.66. The maximum Gasteiger partial charge on any atom is 0.306 e. The number of aryl methyl sites for hydroxylation is 1. The number of esters is 1. The molecule has 1 aliphatic rings. The van der Waals surface area contributed by atoms with E-state index in [-0.39, 0.29) is 23.7 Å². The molecule has 158 valence electrons. The molecular formula is C21H23N3O5S. The van der Waals surface area contributed by atoms with Crippen LogP contribution in [-0.2, 0) is 24.3 Å². The van der Waals surface area contributed by atoms with Crippen molar-refractivity contribution in [2.75, 3.05) is 11.9 Å². The summed E-state index contributed by atoms with van der Waals surface area (Å²) in [6, 6.07) is 13.9. The smallest absolute Gasteiger partial charge is 0.306 e. The van der Waals surface area contributed by atoms with Gasteiger partial charge in [-0.25, -0.2) is 8.42 Å². The number of hydrogen-bond acceptors (Lipinski definition) is 6. The van der Waals surface area contributed by atoms with Crippen LogP contribution in [0.2, 0.25) is 0 Å². The second kappa shape index (κ2) is 9.08. The number of amidine groups is 1. The van der Waals surface area contributed by atoms with Crippen LogP contribution in [0.25, 0.3) is 0 Å². The van der Waals surface area contributed by atoms with E-state index in [1.807, 2.05) is 25.1 Å². The van der Waals surface area contributed by atoms with E-state index in [2.05, 4.69) is 15.0 Å². The second-order valence-corrected chi connectivity index (χ2v) is 8.58. The molecule has 0 radical (unpaired) electrons. The molecule has 0 aliphatic carbocycles. The predicted molar refractivity (Wildman–Crippen MR) is 113 cm³/mol. The molecule has 2 aromatic carbocycles. The van der Waals surface area contributed by atoms with Gasteiger partial charge in [-0.05, 0) is 50.1 Å². The number of fused-ring (bicyclic) bond motifs is 1. The summed E-state index contributed by atoms with van der Waals surface area (Å²) in [7, 11) is -3.58. The lowest BCUT2D eigenvalue weighted by atomic mass is 10.2. The molecule has 30 heavy (non-hydrogen) atoms. The normalized spacial score (nSPS) is 16.4. The number of ether oxygens (including phenoxy) is 1. The van der Waals surface area contributed by atoms with Crippen molar-refractivity contribution in [3.05, 3.63) is 59.7 Å². The largest absolute Gasteiger partial charge is 0.453 e. The summed E-state index contributed by atoms with van der Waals surface area (Å²) >= 11 is 0. The molecule has 8 nitrogen and oxygen atoms in total. The number of carbonyl (C=O) groups is 2. The Hall–Kier alpha value is -3.20. The van der Waals surface area contributed by atoms with Crippen molar-refractivity contribution in [3.8, 4) is 0 Å². The van der Waals surface area contributed by atoms with Crippen LogP contribution in [0.1, 0.15) is 30.9 Å². The molecular weight excluding hydrogens is 406 g/mol. The fraction of sp³-hybridized carbons (Fsp3) is 0.286. The third-order valence-corrected chi connectivity index (χ3v) is 5.83. The lowest BCUT2D eigenvalue weighted by molar-refractivity contribution is -0.153. The predicted octanol–water partition coefficient (Wildman–Crippen LogP) is 2.38. The number of amides is 1. The number of aliphatic imine (C=N–C) groups is 1. The Balaban J connectivity index is 1.46. The molecule has 0 saturated carbocycles. The van der Waals surface area contributed by atoms with Gasteiger partial charge in [0, 0.05) is 24.2 Å². The summed E-state index contributed by atoms with van der Waals surface area (Å²) in [5.74, 6) is -0.662. The zero-order chi connectivity index (χ0) is 21.7. The van der Waals surface area contributed by atoms with Gasteiger partial charge < -0.3 is 10.1 Å². The van der Waals surface area contributed by atoms with Crippen molar-refractivity contribution in [1.29, 1.82) is 0 Å². The monoisotopic (exact) mass is 429 g/mol. The zero-order valence-electron chi connectivity index (χ0n) is 16.7. The average Bonchev–Trinajstić information content (AvgIpc) is 2.96. The highest BCUT2D eigenvalue weighted by atomic mass is 32.2. The van der Waals surface area contributed by atoms with Gasteiger partial charge in [0.2, 0.25) is 0 Å². The SMILES string of the molecule is Cc1cccc(NC(=O)C(C)OC(=O)CCCN=C2NS(=O)(=O)c3ccccc32)c1. The molecule has 1 amide bonds. The number of hydrogen-bond donors (Lipinski definition) is 2. The number of benzene rings is 2. The van der Waals surface area contributed by atoms with Gasteiger partial charge in [0.15, 0.2) is 6.10 Å². The second-order valence-electron chi connectivity index (χ2n) is 6.93. The van der Waals surface area contributed by atoms with E-state index in [0.29, 0.717) is 17.7 Å².